The standard InChI is InChI=1S/C17H21NO/c1-4-17(2,3)13-8-10-15(11-9-13)19-16-7-5-6-14(18)12-16/h5-12H,4,18H2,1-3H3. The molecule has 0 radical (unpaired) electrons. The summed E-state index contributed by atoms with van der Waals surface area (Å²) in [6, 6.07) is 15.7. The fourth-order valence-electron chi connectivity index (χ4n) is 1.89. The summed E-state index contributed by atoms with van der Waals surface area (Å²) in [4.78, 5) is 0. The molecule has 0 aliphatic carbocycles. The number of nitrogens with two attached hydrogens (primary N) is 1. The molecule has 0 amide bonds. The lowest BCUT2D eigenvalue weighted by Gasteiger charge is -2.23. The molecule has 2 rings (SSSR count). The molecule has 0 aliphatic rings. The zero-order valence-electron chi connectivity index (χ0n) is 11.8. The van der Waals surface area contributed by atoms with Gasteiger partial charge in [-0.3, -0.25) is 0 Å². The van der Waals surface area contributed by atoms with E-state index in [2.05, 4.69) is 32.9 Å². The van der Waals surface area contributed by atoms with Crippen LogP contribution in [0.25, 0.3) is 0 Å². The molecule has 2 aromatic carbocycles. The highest BCUT2D eigenvalue weighted by Gasteiger charge is 2.17. The topological polar surface area (TPSA) is 35.2 Å². The maximum absolute atomic E-state index is 5.78. The maximum atomic E-state index is 5.78. The highest BCUT2D eigenvalue weighted by Crippen LogP contribution is 2.29. The van der Waals surface area contributed by atoms with E-state index in [9.17, 15) is 0 Å². The van der Waals surface area contributed by atoms with Crippen LogP contribution in [0.3, 0.4) is 0 Å². The van der Waals surface area contributed by atoms with Crippen molar-refractivity contribution in [3.63, 3.8) is 0 Å². The van der Waals surface area contributed by atoms with Crippen molar-refractivity contribution in [2.24, 2.45) is 0 Å². The third-order valence-electron chi connectivity index (χ3n) is 3.61. The minimum Gasteiger partial charge on any atom is -0.457 e. The Bertz CT molecular complexity index is 543. The largest absolute Gasteiger partial charge is 0.457 e. The van der Waals surface area contributed by atoms with Crippen LogP contribution in [-0.4, -0.2) is 0 Å². The fourth-order valence-corrected chi connectivity index (χ4v) is 1.89. The van der Waals surface area contributed by atoms with E-state index in [1.807, 2.05) is 36.4 Å². The number of benzene rings is 2. The first-order valence-electron chi connectivity index (χ1n) is 6.65. The first-order valence-corrected chi connectivity index (χ1v) is 6.65. The number of rotatable bonds is 4. The van der Waals surface area contributed by atoms with Crippen molar-refractivity contribution in [1.82, 2.24) is 0 Å². The van der Waals surface area contributed by atoms with E-state index < -0.39 is 0 Å². The van der Waals surface area contributed by atoms with Crippen LogP contribution >= 0.6 is 0 Å². The fraction of sp³-hybridized carbons (Fsp3) is 0.294. The van der Waals surface area contributed by atoms with E-state index in [1.54, 1.807) is 0 Å². The number of hydrogen-bond donors (Lipinski definition) is 1. The molecule has 2 heteroatoms. The minimum atomic E-state index is 0.204. The molecule has 0 fully saturated rings. The second-order valence-corrected chi connectivity index (χ2v) is 5.44. The lowest BCUT2D eigenvalue weighted by atomic mass is 9.82. The van der Waals surface area contributed by atoms with Gasteiger partial charge in [-0.15, -0.1) is 0 Å². The summed E-state index contributed by atoms with van der Waals surface area (Å²) < 4.78 is 5.78. The van der Waals surface area contributed by atoms with Crippen LogP contribution in [-0.2, 0) is 5.41 Å². The summed E-state index contributed by atoms with van der Waals surface area (Å²) in [5, 5.41) is 0. The lowest BCUT2D eigenvalue weighted by Crippen LogP contribution is -2.14. The Morgan fingerprint density at radius 3 is 2.26 bits per heavy atom. The molecule has 2 nitrogen and oxygen atoms in total. The normalized spacial score (nSPS) is 11.3. The summed E-state index contributed by atoms with van der Waals surface area (Å²) in [7, 11) is 0. The minimum absolute atomic E-state index is 0.204. The van der Waals surface area contributed by atoms with Crippen LogP contribution in [0.4, 0.5) is 5.69 Å². The van der Waals surface area contributed by atoms with Gasteiger partial charge in [0.05, 0.1) is 0 Å². The maximum Gasteiger partial charge on any atom is 0.129 e. The van der Waals surface area contributed by atoms with Crippen LogP contribution in [0.15, 0.2) is 48.5 Å². The molecule has 19 heavy (non-hydrogen) atoms. The number of nitrogen functional groups attached to an aromatic ring is 1. The molecule has 2 N–H and O–H groups in total. The van der Waals surface area contributed by atoms with E-state index in [0.717, 1.165) is 17.9 Å². The zero-order valence-corrected chi connectivity index (χ0v) is 11.8. The van der Waals surface area contributed by atoms with Crippen molar-refractivity contribution in [2.75, 3.05) is 5.73 Å². The molecule has 0 spiro atoms. The Morgan fingerprint density at radius 2 is 1.68 bits per heavy atom. The summed E-state index contributed by atoms with van der Waals surface area (Å²) in [6.07, 6.45) is 1.11. The van der Waals surface area contributed by atoms with Gasteiger partial charge in [-0.2, -0.15) is 0 Å². The van der Waals surface area contributed by atoms with Gasteiger partial charge in [0.1, 0.15) is 11.5 Å². The molecule has 0 aliphatic heterocycles. The molecule has 0 aromatic heterocycles. The molecular formula is C17H21NO. The second-order valence-electron chi connectivity index (χ2n) is 5.44. The molecule has 0 unspecified atom stereocenters. The van der Waals surface area contributed by atoms with Crippen LogP contribution in [0.2, 0.25) is 0 Å². The lowest BCUT2D eigenvalue weighted by molar-refractivity contribution is 0.478. The third kappa shape index (κ3) is 3.28. The Hall–Kier alpha value is -1.96. The van der Waals surface area contributed by atoms with E-state index in [4.69, 9.17) is 10.5 Å². The number of anilines is 1. The molecule has 0 saturated heterocycles. The van der Waals surface area contributed by atoms with Gasteiger partial charge in [0.15, 0.2) is 0 Å². The van der Waals surface area contributed by atoms with Gasteiger partial charge in [-0.1, -0.05) is 39.0 Å². The van der Waals surface area contributed by atoms with Gasteiger partial charge in [0.2, 0.25) is 0 Å². The predicted molar refractivity (Wildman–Crippen MR) is 80.7 cm³/mol. The quantitative estimate of drug-likeness (QED) is 0.800. The van der Waals surface area contributed by atoms with Crippen LogP contribution in [0.1, 0.15) is 32.8 Å². The molecule has 0 heterocycles. The Morgan fingerprint density at radius 1 is 1.00 bits per heavy atom. The summed E-state index contributed by atoms with van der Waals surface area (Å²) in [6.45, 7) is 6.71. The van der Waals surface area contributed by atoms with Gasteiger partial charge >= 0.3 is 0 Å². The first-order chi connectivity index (χ1) is 9.01. The second kappa shape index (κ2) is 5.35. The Kier molecular flexibility index (Phi) is 3.79. The van der Waals surface area contributed by atoms with E-state index in [-0.39, 0.29) is 5.41 Å². The van der Waals surface area contributed by atoms with Crippen molar-refractivity contribution >= 4 is 5.69 Å². The zero-order chi connectivity index (χ0) is 13.9. The molecule has 0 atom stereocenters. The molecule has 0 bridgehead atoms. The van der Waals surface area contributed by atoms with Crippen molar-refractivity contribution < 1.29 is 4.74 Å². The van der Waals surface area contributed by atoms with Gasteiger partial charge in [0, 0.05) is 11.8 Å². The van der Waals surface area contributed by atoms with Crippen LogP contribution < -0.4 is 10.5 Å². The summed E-state index contributed by atoms with van der Waals surface area (Å²) in [5.41, 5.74) is 7.97. The SMILES string of the molecule is CCC(C)(C)c1ccc(Oc2cccc(N)c2)cc1. The predicted octanol–water partition coefficient (Wildman–Crippen LogP) is 4.75. The monoisotopic (exact) mass is 255 g/mol. The van der Waals surface area contributed by atoms with Crippen molar-refractivity contribution in [1.29, 1.82) is 0 Å². The average Bonchev–Trinajstić information content (AvgIpc) is 2.39. The van der Waals surface area contributed by atoms with Gasteiger partial charge in [-0.05, 0) is 41.7 Å². The van der Waals surface area contributed by atoms with Crippen molar-refractivity contribution in [3.8, 4) is 11.5 Å². The number of ether oxygens (including phenoxy) is 1. The van der Waals surface area contributed by atoms with Gasteiger partial charge < -0.3 is 10.5 Å². The van der Waals surface area contributed by atoms with E-state index >= 15 is 0 Å². The first kappa shape index (κ1) is 13.5. The Labute approximate surface area is 115 Å². The number of hydrogen-bond acceptors (Lipinski definition) is 2. The summed E-state index contributed by atoms with van der Waals surface area (Å²) in [5.74, 6) is 1.60. The van der Waals surface area contributed by atoms with Crippen molar-refractivity contribution in [2.45, 2.75) is 32.6 Å². The smallest absolute Gasteiger partial charge is 0.129 e. The highest BCUT2D eigenvalue weighted by molar-refractivity contribution is 5.45. The van der Waals surface area contributed by atoms with Gasteiger partial charge in [-0.25, -0.2) is 0 Å². The van der Waals surface area contributed by atoms with Crippen molar-refractivity contribution in [3.05, 3.63) is 54.1 Å². The van der Waals surface area contributed by atoms with E-state index in [0.29, 0.717) is 5.69 Å². The summed E-state index contributed by atoms with van der Waals surface area (Å²) >= 11 is 0. The molecule has 2 aromatic rings. The average molecular weight is 255 g/mol. The Balaban J connectivity index is 2.15. The molecular weight excluding hydrogens is 234 g/mol. The third-order valence-corrected chi connectivity index (χ3v) is 3.61. The highest BCUT2D eigenvalue weighted by atomic mass is 16.5. The van der Waals surface area contributed by atoms with Crippen LogP contribution in [0, 0.1) is 0 Å². The van der Waals surface area contributed by atoms with E-state index in [1.165, 1.54) is 5.56 Å². The van der Waals surface area contributed by atoms with Crippen LogP contribution in [0.5, 0.6) is 11.5 Å². The molecule has 0 saturated carbocycles. The molecule has 100 valence electrons. The van der Waals surface area contributed by atoms with Gasteiger partial charge in [0.25, 0.3) is 0 Å².